The molecule has 16 heavy (non-hydrogen) atoms. The van der Waals surface area contributed by atoms with E-state index >= 15 is 0 Å². The van der Waals surface area contributed by atoms with Gasteiger partial charge in [-0.15, -0.1) is 0 Å². The van der Waals surface area contributed by atoms with Crippen molar-refractivity contribution < 1.29 is 8.42 Å². The lowest BCUT2D eigenvalue weighted by Crippen LogP contribution is -2.24. The molecule has 0 amide bonds. The van der Waals surface area contributed by atoms with Gasteiger partial charge in [0.2, 0.25) is 0 Å². The quantitative estimate of drug-likeness (QED) is 0.868. The topological polar surface area (TPSA) is 60.2 Å². The molecule has 0 radical (unpaired) electrons. The molecule has 4 heteroatoms. The molecule has 0 atom stereocenters. The monoisotopic (exact) mass is 239 g/mol. The van der Waals surface area contributed by atoms with E-state index in [1.807, 2.05) is 19.1 Å². The van der Waals surface area contributed by atoms with Gasteiger partial charge in [0.15, 0.2) is 9.84 Å². The van der Waals surface area contributed by atoms with Crippen molar-refractivity contribution in [3.8, 4) is 0 Å². The average Bonchev–Trinajstić information content (AvgIpc) is 2.85. The minimum Gasteiger partial charge on any atom is -0.325 e. The number of hydrogen-bond acceptors (Lipinski definition) is 3. The van der Waals surface area contributed by atoms with E-state index in [9.17, 15) is 8.42 Å². The molecule has 0 unspecified atom stereocenters. The van der Waals surface area contributed by atoms with Crippen LogP contribution in [0.5, 0.6) is 0 Å². The molecule has 1 aliphatic carbocycles. The number of nitrogens with two attached hydrogens (primary N) is 1. The number of benzene rings is 1. The Balaban J connectivity index is 2.36. The van der Waals surface area contributed by atoms with Crippen LogP contribution in [0.3, 0.4) is 0 Å². The Hall–Kier alpha value is -0.870. The van der Waals surface area contributed by atoms with Crippen molar-refractivity contribution in [1.29, 1.82) is 0 Å². The van der Waals surface area contributed by atoms with E-state index in [0.717, 1.165) is 30.4 Å². The zero-order chi connectivity index (χ0) is 12.0. The largest absolute Gasteiger partial charge is 0.325 e. The molecule has 2 N–H and O–H groups in total. The number of hydrogen-bond donors (Lipinski definition) is 1. The molecule has 1 aromatic rings. The van der Waals surface area contributed by atoms with Crippen molar-refractivity contribution >= 4 is 9.84 Å². The van der Waals surface area contributed by atoms with Crippen LogP contribution in [0.4, 0.5) is 0 Å². The Bertz CT molecular complexity index is 516. The van der Waals surface area contributed by atoms with Crippen molar-refractivity contribution in [2.75, 3.05) is 6.26 Å². The minimum atomic E-state index is -3.13. The highest BCUT2D eigenvalue weighted by Gasteiger charge is 2.38. The number of aryl methyl sites for hydroxylation is 1. The van der Waals surface area contributed by atoms with E-state index in [4.69, 9.17) is 5.73 Å². The maximum Gasteiger partial charge on any atom is 0.175 e. The van der Waals surface area contributed by atoms with Gasteiger partial charge in [-0.3, -0.25) is 0 Å². The average molecular weight is 239 g/mol. The molecule has 2 rings (SSSR count). The van der Waals surface area contributed by atoms with Gasteiger partial charge >= 0.3 is 0 Å². The molecule has 1 fully saturated rings. The summed E-state index contributed by atoms with van der Waals surface area (Å²) in [6, 6.07) is 5.59. The molecular weight excluding hydrogens is 222 g/mol. The lowest BCUT2D eigenvalue weighted by atomic mass is 10.0. The van der Waals surface area contributed by atoms with Gasteiger partial charge < -0.3 is 5.73 Å². The van der Waals surface area contributed by atoms with Gasteiger partial charge in [0.25, 0.3) is 0 Å². The van der Waals surface area contributed by atoms with E-state index < -0.39 is 9.84 Å². The van der Waals surface area contributed by atoms with Crippen molar-refractivity contribution in [2.24, 2.45) is 5.73 Å². The Morgan fingerprint density at radius 2 is 2.00 bits per heavy atom. The first-order valence-corrected chi connectivity index (χ1v) is 7.28. The van der Waals surface area contributed by atoms with Crippen molar-refractivity contribution in [2.45, 2.75) is 36.6 Å². The van der Waals surface area contributed by atoms with Gasteiger partial charge in [0, 0.05) is 11.8 Å². The standard InChI is InChI=1S/C12H17NO2S/c1-9-3-4-10(8-12(13)5-6-12)7-11(9)16(2,14)15/h3-4,7H,5-6,8,13H2,1-2H3. The SMILES string of the molecule is Cc1ccc(CC2(N)CC2)cc1S(C)(=O)=O. The molecule has 0 heterocycles. The van der Waals surface area contributed by atoms with Crippen LogP contribution in [-0.2, 0) is 16.3 Å². The molecule has 3 nitrogen and oxygen atoms in total. The molecule has 0 bridgehead atoms. The van der Waals surface area contributed by atoms with Gasteiger partial charge in [-0.1, -0.05) is 12.1 Å². The second kappa shape index (κ2) is 3.57. The summed E-state index contributed by atoms with van der Waals surface area (Å²) in [5.74, 6) is 0. The smallest absolute Gasteiger partial charge is 0.175 e. The van der Waals surface area contributed by atoms with Gasteiger partial charge in [-0.2, -0.15) is 0 Å². The lowest BCUT2D eigenvalue weighted by molar-refractivity contribution is 0.600. The molecule has 1 aliphatic rings. The second-order valence-electron chi connectivity index (χ2n) is 4.91. The highest BCUT2D eigenvalue weighted by atomic mass is 32.2. The summed E-state index contributed by atoms with van der Waals surface area (Å²) in [6.07, 6.45) is 4.09. The third-order valence-corrected chi connectivity index (χ3v) is 4.34. The van der Waals surface area contributed by atoms with Crippen LogP contribution >= 0.6 is 0 Å². The van der Waals surface area contributed by atoms with Gasteiger partial charge in [0.1, 0.15) is 0 Å². The van der Waals surface area contributed by atoms with Crippen LogP contribution in [0.15, 0.2) is 23.1 Å². The van der Waals surface area contributed by atoms with Crippen molar-refractivity contribution in [3.63, 3.8) is 0 Å². The van der Waals surface area contributed by atoms with E-state index in [2.05, 4.69) is 0 Å². The number of rotatable bonds is 3. The van der Waals surface area contributed by atoms with Crippen LogP contribution in [0, 0.1) is 6.92 Å². The fraction of sp³-hybridized carbons (Fsp3) is 0.500. The zero-order valence-electron chi connectivity index (χ0n) is 9.66. The van der Waals surface area contributed by atoms with Crippen molar-refractivity contribution in [1.82, 2.24) is 0 Å². The summed E-state index contributed by atoms with van der Waals surface area (Å²) in [4.78, 5) is 0.425. The van der Waals surface area contributed by atoms with Gasteiger partial charge in [-0.25, -0.2) is 8.42 Å². The molecule has 1 aromatic carbocycles. The molecule has 1 saturated carbocycles. The fourth-order valence-electron chi connectivity index (χ4n) is 1.90. The Labute approximate surface area is 96.6 Å². The first kappa shape index (κ1) is 11.6. The fourth-order valence-corrected chi connectivity index (χ4v) is 2.92. The predicted molar refractivity (Wildman–Crippen MR) is 64.1 cm³/mol. The summed E-state index contributed by atoms with van der Waals surface area (Å²) in [6.45, 7) is 1.81. The van der Waals surface area contributed by atoms with Gasteiger partial charge in [-0.05, 0) is 43.4 Å². The molecule has 0 spiro atoms. The highest BCUT2D eigenvalue weighted by Crippen LogP contribution is 2.36. The normalized spacial score (nSPS) is 18.4. The summed E-state index contributed by atoms with van der Waals surface area (Å²) in [5, 5.41) is 0. The minimum absolute atomic E-state index is 0.0793. The van der Waals surface area contributed by atoms with E-state index in [1.165, 1.54) is 6.26 Å². The Morgan fingerprint density at radius 1 is 1.38 bits per heavy atom. The maximum atomic E-state index is 11.6. The molecular formula is C12H17NO2S. The highest BCUT2D eigenvalue weighted by molar-refractivity contribution is 7.90. The molecule has 0 aliphatic heterocycles. The van der Waals surface area contributed by atoms with Crippen LogP contribution < -0.4 is 5.73 Å². The summed E-state index contributed by atoms with van der Waals surface area (Å²) >= 11 is 0. The summed E-state index contributed by atoms with van der Waals surface area (Å²) < 4.78 is 23.1. The summed E-state index contributed by atoms with van der Waals surface area (Å²) in [7, 11) is -3.13. The molecule has 0 aromatic heterocycles. The van der Waals surface area contributed by atoms with E-state index in [1.54, 1.807) is 6.07 Å². The second-order valence-corrected chi connectivity index (χ2v) is 6.90. The first-order chi connectivity index (χ1) is 7.30. The lowest BCUT2D eigenvalue weighted by Gasteiger charge is -2.11. The summed E-state index contributed by atoms with van der Waals surface area (Å²) in [5.41, 5.74) is 7.77. The van der Waals surface area contributed by atoms with E-state index in [0.29, 0.717) is 4.90 Å². The maximum absolute atomic E-state index is 11.6. The van der Waals surface area contributed by atoms with Crippen LogP contribution in [-0.4, -0.2) is 20.2 Å². The molecule has 0 saturated heterocycles. The Kier molecular flexibility index (Phi) is 2.59. The predicted octanol–water partition coefficient (Wildman–Crippen LogP) is 1.43. The third kappa shape index (κ3) is 2.44. The van der Waals surface area contributed by atoms with Crippen molar-refractivity contribution in [3.05, 3.63) is 29.3 Å². The van der Waals surface area contributed by atoms with Crippen LogP contribution in [0.25, 0.3) is 0 Å². The zero-order valence-corrected chi connectivity index (χ0v) is 10.5. The Morgan fingerprint density at radius 3 is 2.50 bits per heavy atom. The van der Waals surface area contributed by atoms with Crippen LogP contribution in [0.2, 0.25) is 0 Å². The van der Waals surface area contributed by atoms with Crippen LogP contribution in [0.1, 0.15) is 24.0 Å². The molecule has 88 valence electrons. The van der Waals surface area contributed by atoms with Gasteiger partial charge in [0.05, 0.1) is 4.90 Å². The number of sulfone groups is 1. The van der Waals surface area contributed by atoms with E-state index in [-0.39, 0.29) is 5.54 Å². The third-order valence-electron chi connectivity index (χ3n) is 3.10. The first-order valence-electron chi connectivity index (χ1n) is 5.39.